The Balaban J connectivity index is 3.37. The molecule has 2 heteroatoms. The fourth-order valence-corrected chi connectivity index (χ4v) is 1.60. The number of aromatic nitrogens is 1. The Morgan fingerprint density at radius 2 is 1.20 bits per heavy atom. The first kappa shape index (κ1) is 12.0. The van der Waals surface area contributed by atoms with Crippen LogP contribution < -0.4 is 4.73 Å². The maximum absolute atomic E-state index is 12.2. The SMILES string of the molecule is CC(C)(C)c1cccc(C(C)(C)C)[n+]1[O-]. The van der Waals surface area contributed by atoms with Gasteiger partial charge >= 0.3 is 0 Å². The van der Waals surface area contributed by atoms with E-state index in [0.717, 1.165) is 16.1 Å². The van der Waals surface area contributed by atoms with Crippen molar-refractivity contribution in [3.05, 3.63) is 34.8 Å². The maximum Gasteiger partial charge on any atom is 0.198 e. The number of nitrogens with zero attached hydrogens (tertiary/aromatic N) is 1. The summed E-state index contributed by atoms with van der Waals surface area (Å²) in [6.07, 6.45) is 0. The minimum absolute atomic E-state index is 0.108. The van der Waals surface area contributed by atoms with Gasteiger partial charge in [-0.3, -0.25) is 0 Å². The summed E-state index contributed by atoms with van der Waals surface area (Å²) in [6.45, 7) is 12.4. The topological polar surface area (TPSA) is 26.9 Å². The van der Waals surface area contributed by atoms with Gasteiger partial charge in [-0.15, -0.1) is 0 Å². The van der Waals surface area contributed by atoms with Crippen LogP contribution in [-0.4, -0.2) is 0 Å². The van der Waals surface area contributed by atoms with Gasteiger partial charge in [0.15, 0.2) is 11.4 Å². The molecule has 0 radical (unpaired) electrons. The van der Waals surface area contributed by atoms with E-state index in [-0.39, 0.29) is 10.8 Å². The van der Waals surface area contributed by atoms with Crippen LogP contribution in [0.4, 0.5) is 0 Å². The van der Waals surface area contributed by atoms with E-state index in [1.165, 1.54) is 0 Å². The molecule has 2 nitrogen and oxygen atoms in total. The third-order valence-electron chi connectivity index (χ3n) is 2.48. The van der Waals surface area contributed by atoms with Crippen molar-refractivity contribution in [2.45, 2.75) is 52.4 Å². The number of pyridine rings is 1. The fourth-order valence-electron chi connectivity index (χ4n) is 1.60. The molecule has 0 saturated carbocycles. The highest BCUT2D eigenvalue weighted by atomic mass is 16.5. The summed E-state index contributed by atoms with van der Waals surface area (Å²) in [5.74, 6) is 0. The van der Waals surface area contributed by atoms with Gasteiger partial charge in [-0.25, -0.2) is 0 Å². The third-order valence-corrected chi connectivity index (χ3v) is 2.48. The molecule has 0 atom stereocenters. The minimum atomic E-state index is -0.108. The highest BCUT2D eigenvalue weighted by Crippen LogP contribution is 2.23. The van der Waals surface area contributed by atoms with Gasteiger partial charge in [0.05, 0.1) is 0 Å². The van der Waals surface area contributed by atoms with E-state index < -0.39 is 0 Å². The lowest BCUT2D eigenvalue weighted by Crippen LogP contribution is -2.45. The van der Waals surface area contributed by atoms with Gasteiger partial charge in [0.2, 0.25) is 0 Å². The van der Waals surface area contributed by atoms with Crippen molar-refractivity contribution in [3.63, 3.8) is 0 Å². The summed E-state index contributed by atoms with van der Waals surface area (Å²) in [5.41, 5.74) is 1.44. The highest BCUT2D eigenvalue weighted by molar-refractivity contribution is 5.15. The highest BCUT2D eigenvalue weighted by Gasteiger charge is 2.29. The second-order valence-electron chi connectivity index (χ2n) is 6.09. The maximum atomic E-state index is 12.2. The molecule has 0 aliphatic rings. The Labute approximate surface area is 92.5 Å². The molecule has 0 aromatic carbocycles. The molecule has 15 heavy (non-hydrogen) atoms. The molecule has 0 bridgehead atoms. The Morgan fingerprint density at radius 3 is 1.47 bits per heavy atom. The molecule has 0 aliphatic carbocycles. The zero-order chi connectivity index (χ0) is 11.9. The summed E-state index contributed by atoms with van der Waals surface area (Å²) in [6, 6.07) is 5.78. The Bertz CT molecular complexity index is 324. The summed E-state index contributed by atoms with van der Waals surface area (Å²) in [5, 5.41) is 12.2. The molecule has 0 amide bonds. The zero-order valence-corrected chi connectivity index (χ0v) is 10.6. The van der Waals surface area contributed by atoms with Gasteiger partial charge in [-0.2, -0.15) is 4.73 Å². The normalized spacial score (nSPS) is 12.9. The van der Waals surface area contributed by atoms with Crippen LogP contribution in [0, 0.1) is 5.21 Å². The van der Waals surface area contributed by atoms with Gasteiger partial charge in [0.1, 0.15) is 0 Å². The van der Waals surface area contributed by atoms with Crippen LogP contribution in [0.25, 0.3) is 0 Å². The third kappa shape index (κ3) is 2.49. The van der Waals surface area contributed by atoms with Crippen molar-refractivity contribution in [1.82, 2.24) is 0 Å². The monoisotopic (exact) mass is 207 g/mol. The Hall–Kier alpha value is -1.05. The van der Waals surface area contributed by atoms with Gasteiger partial charge < -0.3 is 5.21 Å². The van der Waals surface area contributed by atoms with E-state index in [4.69, 9.17) is 0 Å². The number of rotatable bonds is 0. The number of hydrogen-bond acceptors (Lipinski definition) is 1. The van der Waals surface area contributed by atoms with E-state index >= 15 is 0 Å². The molecule has 1 rings (SSSR count). The first-order chi connectivity index (χ1) is 6.64. The van der Waals surface area contributed by atoms with Crippen LogP contribution >= 0.6 is 0 Å². The lowest BCUT2D eigenvalue weighted by Gasteiger charge is -2.23. The molecule has 0 saturated heterocycles. The predicted octanol–water partition coefficient (Wildman–Crippen LogP) is 2.92. The molecule has 0 aliphatic heterocycles. The van der Waals surface area contributed by atoms with Crippen molar-refractivity contribution < 1.29 is 4.73 Å². The van der Waals surface area contributed by atoms with Gasteiger partial charge in [0, 0.05) is 23.0 Å². The summed E-state index contributed by atoms with van der Waals surface area (Å²) in [4.78, 5) is 0. The predicted molar refractivity (Wildman–Crippen MR) is 62.8 cm³/mol. The van der Waals surface area contributed by atoms with E-state index in [9.17, 15) is 5.21 Å². The summed E-state index contributed by atoms with van der Waals surface area (Å²) in [7, 11) is 0. The molecular formula is C13H21NO. The number of hydrogen-bond donors (Lipinski definition) is 0. The molecule has 0 fully saturated rings. The lowest BCUT2D eigenvalue weighted by molar-refractivity contribution is -0.629. The first-order valence-electron chi connectivity index (χ1n) is 5.37. The van der Waals surface area contributed by atoms with E-state index in [1.807, 2.05) is 18.2 Å². The largest absolute Gasteiger partial charge is 0.618 e. The van der Waals surface area contributed by atoms with Gasteiger partial charge in [0.25, 0.3) is 0 Å². The van der Waals surface area contributed by atoms with Crippen molar-refractivity contribution in [2.24, 2.45) is 0 Å². The smallest absolute Gasteiger partial charge is 0.198 e. The summed E-state index contributed by atoms with van der Waals surface area (Å²) < 4.78 is 1.08. The van der Waals surface area contributed by atoms with Crippen molar-refractivity contribution in [2.75, 3.05) is 0 Å². The first-order valence-corrected chi connectivity index (χ1v) is 5.37. The molecule has 1 heterocycles. The Morgan fingerprint density at radius 1 is 0.867 bits per heavy atom. The molecule has 0 N–H and O–H groups in total. The standard InChI is InChI=1S/C13H21NO/c1-12(2,3)10-8-7-9-11(14(10)15)13(4,5)6/h7-9H,1-6H3. The molecule has 84 valence electrons. The minimum Gasteiger partial charge on any atom is -0.618 e. The zero-order valence-electron chi connectivity index (χ0n) is 10.6. The van der Waals surface area contributed by atoms with Crippen LogP contribution in [0.3, 0.4) is 0 Å². The van der Waals surface area contributed by atoms with Crippen LogP contribution in [0.15, 0.2) is 18.2 Å². The van der Waals surface area contributed by atoms with Crippen molar-refractivity contribution in [1.29, 1.82) is 0 Å². The van der Waals surface area contributed by atoms with Gasteiger partial charge in [-0.05, 0) is 6.07 Å². The van der Waals surface area contributed by atoms with E-state index in [0.29, 0.717) is 0 Å². The second kappa shape index (κ2) is 3.51. The average molecular weight is 207 g/mol. The molecule has 0 unspecified atom stereocenters. The fraction of sp³-hybridized carbons (Fsp3) is 0.615. The van der Waals surface area contributed by atoms with E-state index in [2.05, 4.69) is 41.5 Å². The molecule has 1 aromatic rings. The van der Waals surface area contributed by atoms with Crippen LogP contribution in [0.1, 0.15) is 52.9 Å². The summed E-state index contributed by atoms with van der Waals surface area (Å²) >= 11 is 0. The lowest BCUT2D eigenvalue weighted by atomic mass is 9.87. The average Bonchev–Trinajstić information content (AvgIpc) is 1.99. The molecular weight excluding hydrogens is 186 g/mol. The quantitative estimate of drug-likeness (QED) is 0.474. The van der Waals surface area contributed by atoms with Crippen LogP contribution in [-0.2, 0) is 10.8 Å². The van der Waals surface area contributed by atoms with Gasteiger partial charge in [-0.1, -0.05) is 41.5 Å². The molecule has 1 aromatic heterocycles. The van der Waals surface area contributed by atoms with Crippen molar-refractivity contribution in [3.8, 4) is 0 Å². The van der Waals surface area contributed by atoms with Crippen LogP contribution in [0.2, 0.25) is 0 Å². The molecule has 0 spiro atoms. The van der Waals surface area contributed by atoms with Crippen molar-refractivity contribution >= 4 is 0 Å². The Kier molecular flexibility index (Phi) is 2.81. The van der Waals surface area contributed by atoms with Crippen LogP contribution in [0.5, 0.6) is 0 Å². The second-order valence-corrected chi connectivity index (χ2v) is 6.09. The van der Waals surface area contributed by atoms with E-state index in [1.54, 1.807) is 0 Å².